The van der Waals surface area contributed by atoms with Crippen molar-refractivity contribution in [1.29, 1.82) is 0 Å². The van der Waals surface area contributed by atoms with E-state index in [0.29, 0.717) is 22.0 Å². The Bertz CT molecular complexity index is 956. The molecule has 0 heterocycles. The first-order valence-electron chi connectivity index (χ1n) is 9.55. The molecule has 3 amide bonds. The molecule has 2 aromatic rings. The molecule has 9 heteroatoms. The molecule has 0 saturated heterocycles. The van der Waals surface area contributed by atoms with Gasteiger partial charge in [0, 0.05) is 17.3 Å². The molecule has 2 aromatic carbocycles. The first-order valence-corrected chi connectivity index (χ1v) is 9.92. The number of benzene rings is 2. The van der Waals surface area contributed by atoms with Gasteiger partial charge in [-0.1, -0.05) is 23.7 Å². The maximum Gasteiger partial charge on any atom is 0.408 e. The fourth-order valence-corrected chi connectivity index (χ4v) is 2.72. The van der Waals surface area contributed by atoms with Gasteiger partial charge < -0.3 is 25.4 Å². The van der Waals surface area contributed by atoms with Gasteiger partial charge in [-0.05, 0) is 56.7 Å². The highest BCUT2D eigenvalue weighted by Crippen LogP contribution is 2.24. The Kier molecular flexibility index (Phi) is 8.27. The molecule has 0 bridgehead atoms. The summed E-state index contributed by atoms with van der Waals surface area (Å²) in [5.74, 6) is -0.339. The lowest BCUT2D eigenvalue weighted by molar-refractivity contribution is -0.120. The maximum atomic E-state index is 12.6. The molecule has 0 fully saturated rings. The second-order valence-electron chi connectivity index (χ2n) is 7.63. The molecule has 0 aliphatic rings. The third-order valence-electron chi connectivity index (χ3n) is 3.87. The molecule has 166 valence electrons. The number of amides is 3. The largest absolute Gasteiger partial charge is 0.496 e. The summed E-state index contributed by atoms with van der Waals surface area (Å²) in [7, 11) is 1.47. The molecular weight excluding hydrogens is 422 g/mol. The van der Waals surface area contributed by atoms with Gasteiger partial charge >= 0.3 is 6.09 Å². The van der Waals surface area contributed by atoms with E-state index in [1.807, 2.05) is 0 Å². The smallest absolute Gasteiger partial charge is 0.408 e. The molecule has 0 radical (unpaired) electrons. The van der Waals surface area contributed by atoms with Gasteiger partial charge in [-0.25, -0.2) is 4.79 Å². The lowest BCUT2D eigenvalue weighted by Crippen LogP contribution is -2.39. The number of alkyl carbamates (subject to hydrolysis) is 1. The van der Waals surface area contributed by atoms with E-state index in [2.05, 4.69) is 16.0 Å². The van der Waals surface area contributed by atoms with Gasteiger partial charge in [0.15, 0.2) is 0 Å². The third kappa shape index (κ3) is 8.18. The fraction of sp³-hybridized carbons (Fsp3) is 0.318. The van der Waals surface area contributed by atoms with E-state index in [-0.39, 0.29) is 24.9 Å². The number of halogens is 1. The van der Waals surface area contributed by atoms with E-state index in [9.17, 15) is 14.4 Å². The lowest BCUT2D eigenvalue weighted by atomic mass is 10.1. The van der Waals surface area contributed by atoms with Gasteiger partial charge in [-0.3, -0.25) is 9.59 Å². The van der Waals surface area contributed by atoms with Crippen LogP contribution in [0.5, 0.6) is 5.75 Å². The Hall–Kier alpha value is -3.26. The number of nitrogens with one attached hydrogen (secondary N) is 3. The van der Waals surface area contributed by atoms with E-state index in [4.69, 9.17) is 21.1 Å². The first kappa shape index (κ1) is 24.0. The van der Waals surface area contributed by atoms with Crippen molar-refractivity contribution >= 4 is 35.2 Å². The number of ether oxygens (including phenoxy) is 2. The Morgan fingerprint density at radius 2 is 1.77 bits per heavy atom. The normalized spacial score (nSPS) is 10.7. The Balaban J connectivity index is 1.91. The summed E-state index contributed by atoms with van der Waals surface area (Å²) in [5.41, 5.74) is 0.981. The van der Waals surface area contributed by atoms with Gasteiger partial charge in [0.2, 0.25) is 5.91 Å². The quantitative estimate of drug-likeness (QED) is 0.599. The van der Waals surface area contributed by atoms with Crippen LogP contribution in [0.3, 0.4) is 0 Å². The highest BCUT2D eigenvalue weighted by Gasteiger charge is 2.17. The number of anilines is 1. The predicted octanol–water partition coefficient (Wildman–Crippen LogP) is 3.74. The minimum absolute atomic E-state index is 0.208. The molecule has 0 saturated carbocycles. The predicted molar refractivity (Wildman–Crippen MR) is 118 cm³/mol. The van der Waals surface area contributed by atoms with Crippen LogP contribution < -0.4 is 20.7 Å². The summed E-state index contributed by atoms with van der Waals surface area (Å²) in [5, 5.41) is 8.29. The highest BCUT2D eigenvalue weighted by molar-refractivity contribution is 6.31. The summed E-state index contributed by atoms with van der Waals surface area (Å²) in [6, 6.07) is 11.8. The summed E-state index contributed by atoms with van der Waals surface area (Å²) in [6.07, 6.45) is -0.663. The van der Waals surface area contributed by atoms with Crippen molar-refractivity contribution < 1.29 is 23.9 Å². The van der Waals surface area contributed by atoms with Crippen LogP contribution in [0.15, 0.2) is 42.5 Å². The molecular formula is C22H26ClN3O5. The number of carbonyl (C=O) groups is 3. The number of rotatable bonds is 7. The van der Waals surface area contributed by atoms with E-state index in [1.165, 1.54) is 13.2 Å². The fourth-order valence-electron chi connectivity index (χ4n) is 2.54. The molecule has 0 aromatic heterocycles. The van der Waals surface area contributed by atoms with Crippen molar-refractivity contribution in [2.24, 2.45) is 0 Å². The summed E-state index contributed by atoms with van der Waals surface area (Å²) in [4.78, 5) is 36.2. The van der Waals surface area contributed by atoms with Crippen molar-refractivity contribution in [2.75, 3.05) is 19.0 Å². The number of carbonyl (C=O) groups excluding carboxylic acids is 3. The number of hydrogen-bond donors (Lipinski definition) is 3. The van der Waals surface area contributed by atoms with E-state index >= 15 is 0 Å². The average molecular weight is 448 g/mol. The van der Waals surface area contributed by atoms with E-state index in [1.54, 1.807) is 57.2 Å². The van der Waals surface area contributed by atoms with Crippen LogP contribution in [0.2, 0.25) is 5.02 Å². The van der Waals surface area contributed by atoms with Crippen molar-refractivity contribution in [3.63, 3.8) is 0 Å². The summed E-state index contributed by atoms with van der Waals surface area (Å²) in [6.45, 7) is 5.22. The summed E-state index contributed by atoms with van der Waals surface area (Å²) >= 11 is 5.98. The molecule has 8 nitrogen and oxygen atoms in total. The van der Waals surface area contributed by atoms with Crippen LogP contribution in [0, 0.1) is 0 Å². The molecule has 2 rings (SSSR count). The van der Waals surface area contributed by atoms with Gasteiger partial charge in [0.25, 0.3) is 5.91 Å². The van der Waals surface area contributed by atoms with E-state index < -0.39 is 11.7 Å². The molecule has 0 aliphatic heterocycles. The number of hydrogen-bond acceptors (Lipinski definition) is 5. The van der Waals surface area contributed by atoms with Crippen molar-refractivity contribution in [3.05, 3.63) is 58.6 Å². The molecule has 0 unspecified atom stereocenters. The second kappa shape index (κ2) is 10.7. The van der Waals surface area contributed by atoms with Gasteiger partial charge in [-0.15, -0.1) is 0 Å². The monoisotopic (exact) mass is 447 g/mol. The van der Waals surface area contributed by atoms with Crippen LogP contribution in [0.25, 0.3) is 0 Å². The Morgan fingerprint density at radius 3 is 2.45 bits per heavy atom. The summed E-state index contributed by atoms with van der Waals surface area (Å²) < 4.78 is 10.3. The van der Waals surface area contributed by atoms with Gasteiger partial charge in [0.1, 0.15) is 17.9 Å². The first-order chi connectivity index (χ1) is 14.6. The molecule has 3 N–H and O–H groups in total. The third-order valence-corrected chi connectivity index (χ3v) is 4.11. The second-order valence-corrected chi connectivity index (χ2v) is 8.07. The zero-order valence-corrected chi connectivity index (χ0v) is 18.6. The number of methoxy groups -OCH3 is 1. The zero-order valence-electron chi connectivity index (χ0n) is 17.9. The molecule has 31 heavy (non-hydrogen) atoms. The Labute approximate surface area is 186 Å². The van der Waals surface area contributed by atoms with Crippen molar-refractivity contribution in [3.8, 4) is 5.75 Å². The molecule has 0 spiro atoms. The van der Waals surface area contributed by atoms with Gasteiger partial charge in [-0.2, -0.15) is 0 Å². The van der Waals surface area contributed by atoms with Crippen molar-refractivity contribution in [1.82, 2.24) is 10.6 Å². The molecule has 0 aliphatic carbocycles. The van der Waals surface area contributed by atoms with Crippen molar-refractivity contribution in [2.45, 2.75) is 32.9 Å². The minimum Gasteiger partial charge on any atom is -0.496 e. The average Bonchev–Trinajstić information content (AvgIpc) is 2.69. The molecule has 0 atom stereocenters. The van der Waals surface area contributed by atoms with Crippen LogP contribution >= 0.6 is 11.6 Å². The lowest BCUT2D eigenvalue weighted by Gasteiger charge is -2.19. The topological polar surface area (TPSA) is 106 Å². The van der Waals surface area contributed by atoms with Crippen LogP contribution in [0.4, 0.5) is 10.5 Å². The minimum atomic E-state index is -0.663. The highest BCUT2D eigenvalue weighted by atomic mass is 35.5. The van der Waals surface area contributed by atoms with Crippen LogP contribution in [-0.2, 0) is 16.1 Å². The SMILES string of the molecule is COc1ccc(Cl)cc1C(=O)Nc1cccc(CNC(=O)CNC(=O)OC(C)(C)C)c1. The van der Waals surface area contributed by atoms with Gasteiger partial charge in [0.05, 0.1) is 12.7 Å². The standard InChI is InChI=1S/C22H26ClN3O5/c1-22(2,3)31-21(29)25-13-19(27)24-12-14-6-5-7-16(10-14)26-20(28)17-11-15(23)8-9-18(17)30-4/h5-11H,12-13H2,1-4H3,(H,24,27)(H,25,29)(H,26,28). The zero-order chi connectivity index (χ0) is 23.0. The van der Waals surface area contributed by atoms with Crippen LogP contribution in [0.1, 0.15) is 36.7 Å². The maximum absolute atomic E-state index is 12.6. The van der Waals surface area contributed by atoms with E-state index in [0.717, 1.165) is 5.56 Å². The van der Waals surface area contributed by atoms with Crippen LogP contribution in [-0.4, -0.2) is 37.2 Å². The Morgan fingerprint density at radius 1 is 1.03 bits per heavy atom.